The van der Waals surface area contributed by atoms with Crippen molar-refractivity contribution in [2.45, 2.75) is 13.0 Å². The summed E-state index contributed by atoms with van der Waals surface area (Å²) in [6, 6.07) is 15.2. The number of carboxylic acid groups (broad SMARTS) is 1. The summed E-state index contributed by atoms with van der Waals surface area (Å²) in [4.78, 5) is 26.5. The van der Waals surface area contributed by atoms with Gasteiger partial charge >= 0.3 is 5.97 Å². The van der Waals surface area contributed by atoms with Gasteiger partial charge in [0, 0.05) is 23.9 Å². The van der Waals surface area contributed by atoms with Crippen molar-refractivity contribution in [3.8, 4) is 16.9 Å². The fraction of sp³-hybridized carbons (Fsp3) is 0.130. The van der Waals surface area contributed by atoms with Crippen LogP contribution in [0.5, 0.6) is 0 Å². The standard InChI is InChI=1S/C23H18FN5O3/c24-15-8-6-14(7-9-15)20-18(12-29(27-20)16-4-2-1-3-5-16)22(30)28-11-10-17-19(13-28)25-26-21(17)23(31)32/h1-9,12H,10-11,13H2,(H,25,26)(H,31,32). The number of benzene rings is 2. The Morgan fingerprint density at radius 2 is 1.81 bits per heavy atom. The van der Waals surface area contributed by atoms with E-state index in [0.717, 1.165) is 5.69 Å². The second-order valence-electron chi connectivity index (χ2n) is 7.49. The molecule has 1 aliphatic heterocycles. The van der Waals surface area contributed by atoms with Crippen LogP contribution in [-0.2, 0) is 13.0 Å². The maximum Gasteiger partial charge on any atom is 0.356 e. The summed E-state index contributed by atoms with van der Waals surface area (Å²) < 4.78 is 15.1. The number of hydrogen-bond acceptors (Lipinski definition) is 4. The Labute approximate surface area is 181 Å². The van der Waals surface area contributed by atoms with E-state index in [0.29, 0.717) is 41.0 Å². The van der Waals surface area contributed by atoms with Crippen LogP contribution in [0.1, 0.15) is 32.1 Å². The van der Waals surface area contributed by atoms with Crippen LogP contribution >= 0.6 is 0 Å². The van der Waals surface area contributed by atoms with Crippen LogP contribution in [-0.4, -0.2) is 48.4 Å². The Balaban J connectivity index is 1.53. The van der Waals surface area contributed by atoms with Gasteiger partial charge in [0.1, 0.15) is 11.5 Å². The minimum absolute atomic E-state index is 0.00371. The van der Waals surface area contributed by atoms with E-state index in [4.69, 9.17) is 0 Å². The summed E-state index contributed by atoms with van der Waals surface area (Å²) in [5, 5.41) is 20.5. The van der Waals surface area contributed by atoms with E-state index in [1.54, 1.807) is 27.9 Å². The van der Waals surface area contributed by atoms with E-state index < -0.39 is 5.97 Å². The van der Waals surface area contributed by atoms with E-state index in [1.165, 1.54) is 12.1 Å². The third-order valence-corrected chi connectivity index (χ3v) is 5.51. The molecule has 0 unspecified atom stereocenters. The van der Waals surface area contributed by atoms with Gasteiger partial charge in [-0.2, -0.15) is 10.2 Å². The Morgan fingerprint density at radius 3 is 2.53 bits per heavy atom. The van der Waals surface area contributed by atoms with E-state index in [1.807, 2.05) is 30.3 Å². The molecular formula is C23H18FN5O3. The highest BCUT2D eigenvalue weighted by Crippen LogP contribution is 2.28. The Bertz CT molecular complexity index is 1310. The summed E-state index contributed by atoms with van der Waals surface area (Å²) in [6.45, 7) is 0.568. The third-order valence-electron chi connectivity index (χ3n) is 5.51. The number of H-pyrrole nitrogens is 1. The zero-order valence-corrected chi connectivity index (χ0v) is 16.8. The Kier molecular flexibility index (Phi) is 4.78. The first-order valence-electron chi connectivity index (χ1n) is 10.0. The molecule has 1 amide bonds. The number of amides is 1. The van der Waals surface area contributed by atoms with Gasteiger partial charge < -0.3 is 10.0 Å². The number of halogens is 1. The molecule has 8 nitrogen and oxygen atoms in total. The number of carbonyl (C=O) groups excluding carboxylic acids is 1. The molecule has 0 saturated carbocycles. The lowest BCUT2D eigenvalue weighted by molar-refractivity contribution is 0.0689. The predicted octanol–water partition coefficient (Wildman–Crippen LogP) is 3.30. The van der Waals surface area contributed by atoms with Crippen LogP contribution < -0.4 is 0 Å². The van der Waals surface area contributed by atoms with Gasteiger partial charge in [0.25, 0.3) is 5.91 Å². The van der Waals surface area contributed by atoms with Gasteiger partial charge in [0.05, 0.1) is 23.5 Å². The number of nitrogens with zero attached hydrogens (tertiary/aromatic N) is 4. The van der Waals surface area contributed by atoms with Gasteiger partial charge in [-0.05, 0) is 42.8 Å². The van der Waals surface area contributed by atoms with Crippen molar-refractivity contribution in [3.63, 3.8) is 0 Å². The number of aromatic carboxylic acids is 1. The van der Waals surface area contributed by atoms with Crippen molar-refractivity contribution in [2.24, 2.45) is 0 Å². The summed E-state index contributed by atoms with van der Waals surface area (Å²) in [7, 11) is 0. The van der Waals surface area contributed by atoms with Crippen molar-refractivity contribution >= 4 is 11.9 Å². The number of nitrogens with one attached hydrogen (secondary N) is 1. The Hall–Kier alpha value is -4.27. The first kappa shape index (κ1) is 19.7. The van der Waals surface area contributed by atoms with Crippen LogP contribution in [0.2, 0.25) is 0 Å². The number of aromatic amines is 1. The normalized spacial score (nSPS) is 13.1. The second kappa shape index (κ2) is 7.77. The summed E-state index contributed by atoms with van der Waals surface area (Å²) in [6.07, 6.45) is 2.05. The molecule has 2 N–H and O–H groups in total. The van der Waals surface area contributed by atoms with E-state index >= 15 is 0 Å². The molecule has 1 aliphatic rings. The van der Waals surface area contributed by atoms with Crippen LogP contribution in [0, 0.1) is 5.82 Å². The topological polar surface area (TPSA) is 104 Å². The molecule has 2 aromatic carbocycles. The van der Waals surface area contributed by atoms with Crippen molar-refractivity contribution in [2.75, 3.05) is 6.54 Å². The number of carboxylic acids is 1. The molecule has 3 heterocycles. The Morgan fingerprint density at radius 1 is 1.06 bits per heavy atom. The predicted molar refractivity (Wildman–Crippen MR) is 113 cm³/mol. The lowest BCUT2D eigenvalue weighted by atomic mass is 10.0. The number of aromatic nitrogens is 4. The summed E-state index contributed by atoms with van der Waals surface area (Å²) in [5.41, 5.74) is 3.46. The first-order valence-corrected chi connectivity index (χ1v) is 10.0. The zero-order chi connectivity index (χ0) is 22.2. The van der Waals surface area contributed by atoms with Crippen molar-refractivity contribution in [1.29, 1.82) is 0 Å². The average Bonchev–Trinajstić information content (AvgIpc) is 3.44. The monoisotopic (exact) mass is 431 g/mol. The highest BCUT2D eigenvalue weighted by atomic mass is 19.1. The number of rotatable bonds is 4. The summed E-state index contributed by atoms with van der Waals surface area (Å²) >= 11 is 0. The average molecular weight is 431 g/mol. The molecule has 5 rings (SSSR count). The second-order valence-corrected chi connectivity index (χ2v) is 7.49. The van der Waals surface area contributed by atoms with Crippen LogP contribution in [0.4, 0.5) is 4.39 Å². The molecular weight excluding hydrogens is 413 g/mol. The molecule has 0 atom stereocenters. The van der Waals surface area contributed by atoms with Gasteiger partial charge in [-0.3, -0.25) is 9.89 Å². The van der Waals surface area contributed by atoms with Crippen LogP contribution in [0.3, 0.4) is 0 Å². The molecule has 160 valence electrons. The molecule has 4 aromatic rings. The van der Waals surface area contributed by atoms with Crippen LogP contribution in [0.25, 0.3) is 16.9 Å². The highest BCUT2D eigenvalue weighted by Gasteiger charge is 2.30. The molecule has 0 radical (unpaired) electrons. The molecule has 2 aromatic heterocycles. The van der Waals surface area contributed by atoms with Gasteiger partial charge in [-0.25, -0.2) is 13.9 Å². The first-order chi connectivity index (χ1) is 15.5. The molecule has 0 bridgehead atoms. The van der Waals surface area contributed by atoms with E-state index in [-0.39, 0.29) is 24.0 Å². The molecule has 32 heavy (non-hydrogen) atoms. The summed E-state index contributed by atoms with van der Waals surface area (Å²) in [5.74, 6) is -1.71. The maximum atomic E-state index is 13.5. The molecule has 0 fully saturated rings. The molecule has 0 spiro atoms. The number of hydrogen-bond donors (Lipinski definition) is 2. The lowest BCUT2D eigenvalue weighted by Gasteiger charge is -2.26. The number of fused-ring (bicyclic) bond motifs is 1. The fourth-order valence-electron chi connectivity index (χ4n) is 3.90. The minimum atomic E-state index is -1.09. The van der Waals surface area contributed by atoms with E-state index in [2.05, 4.69) is 15.3 Å². The minimum Gasteiger partial charge on any atom is -0.476 e. The van der Waals surface area contributed by atoms with Crippen molar-refractivity contribution in [3.05, 3.63) is 89.1 Å². The van der Waals surface area contributed by atoms with Gasteiger partial charge in [-0.15, -0.1) is 0 Å². The number of carbonyl (C=O) groups is 2. The third kappa shape index (κ3) is 3.43. The molecule has 0 saturated heterocycles. The largest absolute Gasteiger partial charge is 0.476 e. The van der Waals surface area contributed by atoms with Gasteiger partial charge in [-0.1, -0.05) is 18.2 Å². The van der Waals surface area contributed by atoms with Gasteiger partial charge in [0.2, 0.25) is 0 Å². The fourth-order valence-corrected chi connectivity index (χ4v) is 3.90. The SMILES string of the molecule is O=C(O)c1n[nH]c2c1CCN(C(=O)c1cn(-c3ccccc3)nc1-c1ccc(F)cc1)C2. The highest BCUT2D eigenvalue weighted by molar-refractivity contribution is 6.00. The van der Waals surface area contributed by atoms with E-state index in [9.17, 15) is 19.1 Å². The quantitative estimate of drug-likeness (QED) is 0.516. The van der Waals surface area contributed by atoms with Crippen LogP contribution in [0.15, 0.2) is 60.8 Å². The number of para-hydroxylation sites is 1. The molecule has 0 aliphatic carbocycles. The van der Waals surface area contributed by atoms with Crippen molar-refractivity contribution in [1.82, 2.24) is 24.9 Å². The zero-order valence-electron chi connectivity index (χ0n) is 16.8. The smallest absolute Gasteiger partial charge is 0.356 e. The van der Waals surface area contributed by atoms with Gasteiger partial charge in [0.15, 0.2) is 5.69 Å². The van der Waals surface area contributed by atoms with Crippen molar-refractivity contribution < 1.29 is 19.1 Å². The molecule has 9 heteroatoms. The maximum absolute atomic E-state index is 13.5. The lowest BCUT2D eigenvalue weighted by Crippen LogP contribution is -2.36.